The van der Waals surface area contributed by atoms with E-state index in [1.165, 1.54) is 0 Å². The van der Waals surface area contributed by atoms with Gasteiger partial charge in [0.15, 0.2) is 11.2 Å². The summed E-state index contributed by atoms with van der Waals surface area (Å²) in [6.07, 6.45) is 1.61. The predicted molar refractivity (Wildman–Crippen MR) is 141 cm³/mol. The average molecular weight is 511 g/mol. The predicted octanol–water partition coefficient (Wildman–Crippen LogP) is 6.21. The standard InChI is InChI=1S/C27H16Cl2N6O/c28-19-12-10-18(11-13-19)24-32-22-25(35(24)20-4-2-1-3-5-20)33-23(34-26(22)36)17-8-6-16(7-9-17)21-14-15-30-27(29)31-21/h1-15H,(H,33,34,36). The number of fused-ring (bicyclic) bond motifs is 1. The molecule has 0 radical (unpaired) electrons. The van der Waals surface area contributed by atoms with Gasteiger partial charge in [-0.1, -0.05) is 54.1 Å². The van der Waals surface area contributed by atoms with Crippen molar-refractivity contribution >= 4 is 34.4 Å². The molecule has 0 aliphatic carbocycles. The van der Waals surface area contributed by atoms with E-state index in [9.17, 15) is 4.79 Å². The van der Waals surface area contributed by atoms with Crippen LogP contribution in [0.15, 0.2) is 95.9 Å². The summed E-state index contributed by atoms with van der Waals surface area (Å²) in [4.78, 5) is 33.7. The number of nitrogens with one attached hydrogen (secondary N) is 1. The molecule has 0 saturated carbocycles. The van der Waals surface area contributed by atoms with Gasteiger partial charge in [-0.15, -0.1) is 0 Å². The van der Waals surface area contributed by atoms with Crippen LogP contribution in [0.5, 0.6) is 0 Å². The van der Waals surface area contributed by atoms with Crippen molar-refractivity contribution < 1.29 is 0 Å². The maximum Gasteiger partial charge on any atom is 0.279 e. The fourth-order valence-corrected chi connectivity index (χ4v) is 4.29. The minimum atomic E-state index is -0.327. The molecular weight excluding hydrogens is 495 g/mol. The van der Waals surface area contributed by atoms with Crippen molar-refractivity contribution in [2.45, 2.75) is 0 Å². The van der Waals surface area contributed by atoms with Crippen molar-refractivity contribution in [1.29, 1.82) is 0 Å². The van der Waals surface area contributed by atoms with Crippen molar-refractivity contribution in [3.05, 3.63) is 112 Å². The molecule has 0 fully saturated rings. The largest absolute Gasteiger partial charge is 0.305 e. The molecule has 9 heteroatoms. The minimum absolute atomic E-state index is 0.179. The van der Waals surface area contributed by atoms with E-state index in [0.29, 0.717) is 28.0 Å². The molecule has 0 saturated heterocycles. The number of hydrogen-bond donors (Lipinski definition) is 1. The molecule has 6 rings (SSSR count). The number of halogens is 2. The van der Waals surface area contributed by atoms with Gasteiger partial charge in [0.1, 0.15) is 11.6 Å². The van der Waals surface area contributed by atoms with Gasteiger partial charge in [0.2, 0.25) is 5.28 Å². The molecule has 0 bridgehead atoms. The number of H-pyrrole nitrogens is 1. The van der Waals surface area contributed by atoms with Gasteiger partial charge < -0.3 is 4.98 Å². The quantitative estimate of drug-likeness (QED) is 0.285. The lowest BCUT2D eigenvalue weighted by molar-refractivity contribution is 1.07. The van der Waals surface area contributed by atoms with Crippen LogP contribution in [0, 0.1) is 0 Å². The van der Waals surface area contributed by atoms with E-state index in [1.807, 2.05) is 71.3 Å². The first kappa shape index (κ1) is 22.2. The van der Waals surface area contributed by atoms with Crippen LogP contribution < -0.4 is 5.56 Å². The van der Waals surface area contributed by atoms with Gasteiger partial charge in [0, 0.05) is 33.6 Å². The number of aromatic nitrogens is 6. The Hall–Kier alpha value is -4.33. The Kier molecular flexibility index (Phi) is 5.56. The van der Waals surface area contributed by atoms with Crippen LogP contribution in [0.2, 0.25) is 10.3 Å². The number of nitrogens with zero attached hydrogens (tertiary/aromatic N) is 5. The SMILES string of the molecule is O=c1[nH]c(-c2ccc(-c3ccnc(Cl)n3)cc2)nc2c1nc(-c1ccc(Cl)cc1)n2-c1ccccc1. The summed E-state index contributed by atoms with van der Waals surface area (Å²) in [6, 6.07) is 26.3. The lowest BCUT2D eigenvalue weighted by atomic mass is 10.1. The van der Waals surface area contributed by atoms with Crippen molar-refractivity contribution in [3.8, 4) is 39.7 Å². The Morgan fingerprint density at radius 2 is 1.42 bits per heavy atom. The lowest BCUT2D eigenvalue weighted by Gasteiger charge is -2.09. The Bertz CT molecular complexity index is 1760. The second-order valence-corrected chi connectivity index (χ2v) is 8.76. The van der Waals surface area contributed by atoms with Gasteiger partial charge in [0.05, 0.1) is 5.69 Å². The van der Waals surface area contributed by atoms with Crippen LogP contribution in [0.4, 0.5) is 0 Å². The number of hydrogen-bond acceptors (Lipinski definition) is 5. The maximum absolute atomic E-state index is 13.2. The number of rotatable bonds is 4. The molecule has 0 amide bonds. The molecule has 174 valence electrons. The molecule has 7 nitrogen and oxygen atoms in total. The summed E-state index contributed by atoms with van der Waals surface area (Å²) >= 11 is 12.0. The third kappa shape index (κ3) is 4.04. The molecule has 0 aliphatic heterocycles. The van der Waals surface area contributed by atoms with Crippen molar-refractivity contribution in [1.82, 2.24) is 29.5 Å². The highest BCUT2D eigenvalue weighted by Crippen LogP contribution is 2.29. The van der Waals surface area contributed by atoms with Crippen molar-refractivity contribution in [2.24, 2.45) is 0 Å². The van der Waals surface area contributed by atoms with E-state index in [4.69, 9.17) is 28.2 Å². The summed E-state index contributed by atoms with van der Waals surface area (Å²) in [5, 5.41) is 0.797. The molecule has 0 aliphatic rings. The summed E-state index contributed by atoms with van der Waals surface area (Å²) in [7, 11) is 0. The zero-order valence-electron chi connectivity index (χ0n) is 18.6. The Morgan fingerprint density at radius 3 is 2.14 bits per heavy atom. The summed E-state index contributed by atoms with van der Waals surface area (Å²) in [5.41, 5.74) is 4.34. The van der Waals surface area contributed by atoms with Crippen LogP contribution in [0.3, 0.4) is 0 Å². The maximum atomic E-state index is 13.2. The first-order chi connectivity index (χ1) is 17.6. The summed E-state index contributed by atoms with van der Waals surface area (Å²) in [5.74, 6) is 1.03. The Morgan fingerprint density at radius 1 is 0.722 bits per heavy atom. The molecule has 0 spiro atoms. The van der Waals surface area contributed by atoms with E-state index in [-0.39, 0.29) is 16.4 Å². The van der Waals surface area contributed by atoms with Gasteiger partial charge >= 0.3 is 0 Å². The van der Waals surface area contributed by atoms with Gasteiger partial charge in [-0.3, -0.25) is 9.36 Å². The van der Waals surface area contributed by atoms with Gasteiger partial charge in [-0.25, -0.2) is 19.9 Å². The van der Waals surface area contributed by atoms with Crippen LogP contribution in [-0.4, -0.2) is 29.5 Å². The van der Waals surface area contributed by atoms with Crippen molar-refractivity contribution in [2.75, 3.05) is 0 Å². The highest BCUT2D eigenvalue weighted by atomic mass is 35.5. The fraction of sp³-hybridized carbons (Fsp3) is 0. The Labute approximate surface area is 215 Å². The summed E-state index contributed by atoms with van der Waals surface area (Å²) < 4.78 is 1.88. The average Bonchev–Trinajstić information content (AvgIpc) is 3.30. The molecule has 6 aromatic rings. The number of imidazole rings is 1. The number of para-hydroxylation sites is 1. The lowest BCUT2D eigenvalue weighted by Crippen LogP contribution is -2.10. The molecular formula is C27H16Cl2N6O. The van der Waals surface area contributed by atoms with E-state index < -0.39 is 0 Å². The van der Waals surface area contributed by atoms with Gasteiger partial charge in [0.25, 0.3) is 5.56 Å². The van der Waals surface area contributed by atoms with Crippen molar-refractivity contribution in [3.63, 3.8) is 0 Å². The topological polar surface area (TPSA) is 89.3 Å². The second kappa shape index (κ2) is 9.03. The number of aromatic amines is 1. The smallest absolute Gasteiger partial charge is 0.279 e. The van der Waals surface area contributed by atoms with E-state index in [0.717, 1.165) is 22.4 Å². The second-order valence-electron chi connectivity index (χ2n) is 7.99. The first-order valence-electron chi connectivity index (χ1n) is 11.0. The monoisotopic (exact) mass is 510 g/mol. The molecule has 0 atom stereocenters. The van der Waals surface area contributed by atoms with E-state index in [2.05, 4.69) is 19.9 Å². The van der Waals surface area contributed by atoms with Gasteiger partial charge in [-0.2, -0.15) is 0 Å². The van der Waals surface area contributed by atoms with E-state index in [1.54, 1.807) is 24.4 Å². The highest BCUT2D eigenvalue weighted by Gasteiger charge is 2.19. The summed E-state index contributed by atoms with van der Waals surface area (Å²) in [6.45, 7) is 0. The van der Waals surface area contributed by atoms with Gasteiger partial charge in [-0.05, 0) is 54.1 Å². The first-order valence-corrected chi connectivity index (χ1v) is 11.8. The zero-order chi connectivity index (χ0) is 24.6. The van der Waals surface area contributed by atoms with E-state index >= 15 is 0 Å². The molecule has 3 heterocycles. The van der Waals surface area contributed by atoms with Crippen LogP contribution in [0.25, 0.3) is 50.9 Å². The zero-order valence-corrected chi connectivity index (χ0v) is 20.1. The van der Waals surface area contributed by atoms with Crippen LogP contribution >= 0.6 is 23.2 Å². The minimum Gasteiger partial charge on any atom is -0.305 e. The molecule has 36 heavy (non-hydrogen) atoms. The molecule has 0 unspecified atom stereocenters. The molecule has 3 aromatic heterocycles. The third-order valence-corrected chi connectivity index (χ3v) is 6.15. The highest BCUT2D eigenvalue weighted by molar-refractivity contribution is 6.30. The molecule has 1 N–H and O–H groups in total. The van der Waals surface area contributed by atoms with Crippen LogP contribution in [-0.2, 0) is 0 Å². The third-order valence-electron chi connectivity index (χ3n) is 5.71. The number of benzene rings is 3. The van der Waals surface area contributed by atoms with Crippen LogP contribution in [0.1, 0.15) is 0 Å². The Balaban J connectivity index is 1.52. The fourth-order valence-electron chi connectivity index (χ4n) is 4.01. The normalized spacial score (nSPS) is 11.2. The molecule has 3 aromatic carbocycles.